The van der Waals surface area contributed by atoms with Crippen LogP contribution in [-0.2, 0) is 25.7 Å². The Hall–Kier alpha value is -4.47. The van der Waals surface area contributed by atoms with Gasteiger partial charge in [0.05, 0.1) is 6.04 Å². The highest BCUT2D eigenvalue weighted by Gasteiger charge is 2.35. The van der Waals surface area contributed by atoms with Crippen LogP contribution in [0.2, 0.25) is 0 Å². The molecule has 5 N–H and O–H groups in total. The van der Waals surface area contributed by atoms with Crippen molar-refractivity contribution in [2.75, 3.05) is 6.54 Å². The average molecular weight is 560 g/mol. The van der Waals surface area contributed by atoms with Crippen LogP contribution in [0.3, 0.4) is 0 Å². The van der Waals surface area contributed by atoms with Gasteiger partial charge in [0.2, 0.25) is 17.6 Å². The number of nitrogens with one attached hydrogen (secondary N) is 5. The molecule has 10 heteroatoms. The first kappa shape index (κ1) is 29.5. The number of para-hydroxylation sites is 1. The third-order valence-corrected chi connectivity index (χ3v) is 7.18. The van der Waals surface area contributed by atoms with Gasteiger partial charge in [-0.05, 0) is 49.3 Å². The molecule has 1 aliphatic rings. The van der Waals surface area contributed by atoms with Gasteiger partial charge in [0.25, 0.3) is 11.8 Å². The molecule has 0 saturated carbocycles. The van der Waals surface area contributed by atoms with Crippen molar-refractivity contribution in [2.45, 2.75) is 58.2 Å². The lowest BCUT2D eigenvalue weighted by Crippen LogP contribution is -2.55. The molecule has 1 aliphatic heterocycles. The van der Waals surface area contributed by atoms with Crippen molar-refractivity contribution in [3.63, 3.8) is 0 Å². The third kappa shape index (κ3) is 8.03. The van der Waals surface area contributed by atoms with E-state index >= 15 is 0 Å². The number of carbonyl (C=O) groups is 5. The lowest BCUT2D eigenvalue weighted by molar-refractivity contribution is -0.141. The van der Waals surface area contributed by atoms with Gasteiger partial charge >= 0.3 is 0 Å². The van der Waals surface area contributed by atoms with Gasteiger partial charge in [0.1, 0.15) is 11.7 Å². The zero-order chi connectivity index (χ0) is 29.4. The van der Waals surface area contributed by atoms with Crippen molar-refractivity contribution in [1.29, 1.82) is 0 Å². The SMILES string of the molecule is CC(C)C[C@H](NC(=O)c1cc2ccccc2[nH]1)C(=O)N[C@@H](C[C@@H]1CCCNC1=O)C(=O)C(=O)NCc1ccccc1. The summed E-state index contributed by atoms with van der Waals surface area (Å²) < 4.78 is 0. The zero-order valence-corrected chi connectivity index (χ0v) is 23.4. The topological polar surface area (TPSA) is 149 Å². The molecule has 0 radical (unpaired) electrons. The molecule has 4 amide bonds. The molecule has 41 heavy (non-hydrogen) atoms. The van der Waals surface area contributed by atoms with Gasteiger partial charge in [-0.15, -0.1) is 0 Å². The Morgan fingerprint density at radius 2 is 1.68 bits per heavy atom. The minimum atomic E-state index is -1.23. The molecule has 0 spiro atoms. The first-order valence-corrected chi connectivity index (χ1v) is 14.0. The quantitative estimate of drug-likeness (QED) is 0.216. The number of rotatable bonds is 12. The van der Waals surface area contributed by atoms with Gasteiger partial charge in [0.15, 0.2) is 0 Å². The Balaban J connectivity index is 1.49. The van der Waals surface area contributed by atoms with E-state index in [9.17, 15) is 24.0 Å². The van der Waals surface area contributed by atoms with E-state index in [0.717, 1.165) is 22.9 Å². The predicted octanol–water partition coefficient (Wildman–Crippen LogP) is 2.60. The number of Topliss-reactive ketones (excluding diaryl/α,β-unsaturated/α-hetero) is 1. The number of benzene rings is 2. The lowest BCUT2D eigenvalue weighted by Gasteiger charge is -2.28. The van der Waals surface area contributed by atoms with Gasteiger partial charge in [-0.3, -0.25) is 24.0 Å². The molecule has 0 unspecified atom stereocenters. The van der Waals surface area contributed by atoms with Crippen LogP contribution in [0.1, 0.15) is 55.6 Å². The largest absolute Gasteiger partial charge is 0.356 e. The number of piperidine rings is 1. The van der Waals surface area contributed by atoms with Crippen molar-refractivity contribution in [3.8, 4) is 0 Å². The molecule has 0 aliphatic carbocycles. The summed E-state index contributed by atoms with van der Waals surface area (Å²) in [5.74, 6) is -3.43. The van der Waals surface area contributed by atoms with E-state index in [2.05, 4.69) is 26.3 Å². The first-order valence-electron chi connectivity index (χ1n) is 14.0. The summed E-state index contributed by atoms with van der Waals surface area (Å²) in [6.07, 6.45) is 1.58. The number of H-pyrrole nitrogens is 1. The van der Waals surface area contributed by atoms with Gasteiger partial charge in [-0.25, -0.2) is 0 Å². The number of carbonyl (C=O) groups excluding carboxylic acids is 5. The molecule has 10 nitrogen and oxygen atoms in total. The number of aromatic amines is 1. The fraction of sp³-hybridized carbons (Fsp3) is 0.387. The number of amides is 4. The van der Waals surface area contributed by atoms with Gasteiger partial charge < -0.3 is 26.3 Å². The van der Waals surface area contributed by atoms with Crippen LogP contribution in [0.25, 0.3) is 10.9 Å². The summed E-state index contributed by atoms with van der Waals surface area (Å²) in [5, 5.41) is 11.7. The number of hydrogen-bond donors (Lipinski definition) is 5. The van der Waals surface area contributed by atoms with Crippen LogP contribution in [0, 0.1) is 11.8 Å². The molecular weight excluding hydrogens is 522 g/mol. The highest BCUT2D eigenvalue weighted by molar-refractivity contribution is 6.38. The second-order valence-corrected chi connectivity index (χ2v) is 10.9. The number of hydrogen-bond acceptors (Lipinski definition) is 5. The molecular formula is C31H37N5O5. The minimum Gasteiger partial charge on any atom is -0.356 e. The van der Waals surface area contributed by atoms with Crippen molar-refractivity contribution in [1.82, 2.24) is 26.3 Å². The van der Waals surface area contributed by atoms with Crippen LogP contribution in [-0.4, -0.2) is 53.0 Å². The molecule has 216 valence electrons. The maximum atomic E-state index is 13.5. The van der Waals surface area contributed by atoms with Crippen molar-refractivity contribution >= 4 is 40.3 Å². The summed E-state index contributed by atoms with van der Waals surface area (Å²) >= 11 is 0. The second kappa shape index (κ2) is 13.7. The summed E-state index contributed by atoms with van der Waals surface area (Å²) in [4.78, 5) is 68.4. The first-order chi connectivity index (χ1) is 19.7. The maximum absolute atomic E-state index is 13.5. The fourth-order valence-electron chi connectivity index (χ4n) is 5.01. The Morgan fingerprint density at radius 3 is 2.39 bits per heavy atom. The molecule has 1 fully saturated rings. The molecule has 2 heterocycles. The van der Waals surface area contributed by atoms with Crippen LogP contribution in [0.4, 0.5) is 0 Å². The number of ketones is 1. The monoisotopic (exact) mass is 559 g/mol. The number of fused-ring (bicyclic) bond motifs is 1. The minimum absolute atomic E-state index is 0.0144. The van der Waals surface area contributed by atoms with Gasteiger partial charge in [-0.1, -0.05) is 62.4 Å². The highest BCUT2D eigenvalue weighted by atomic mass is 16.2. The molecule has 2 aromatic carbocycles. The van der Waals surface area contributed by atoms with Crippen molar-refractivity contribution < 1.29 is 24.0 Å². The Labute approximate surface area is 239 Å². The van der Waals surface area contributed by atoms with Crippen LogP contribution < -0.4 is 21.3 Å². The zero-order valence-electron chi connectivity index (χ0n) is 23.4. The number of aromatic nitrogens is 1. The average Bonchev–Trinajstić information content (AvgIpc) is 3.41. The van der Waals surface area contributed by atoms with Crippen LogP contribution in [0.15, 0.2) is 60.7 Å². The normalized spacial score (nSPS) is 16.5. The van der Waals surface area contributed by atoms with Crippen LogP contribution >= 0.6 is 0 Å². The summed E-state index contributed by atoms with van der Waals surface area (Å²) in [7, 11) is 0. The Bertz CT molecular complexity index is 1370. The van der Waals surface area contributed by atoms with E-state index in [0.29, 0.717) is 25.1 Å². The Kier molecular flexibility index (Phi) is 9.89. The molecule has 1 aromatic heterocycles. The predicted molar refractivity (Wildman–Crippen MR) is 155 cm³/mol. The van der Waals surface area contributed by atoms with E-state index in [-0.39, 0.29) is 24.8 Å². The molecule has 0 bridgehead atoms. The molecule has 4 rings (SSSR count). The van der Waals surface area contributed by atoms with E-state index in [1.165, 1.54) is 0 Å². The maximum Gasteiger partial charge on any atom is 0.289 e. The van der Waals surface area contributed by atoms with E-state index in [4.69, 9.17) is 0 Å². The molecule has 3 atom stereocenters. The van der Waals surface area contributed by atoms with E-state index in [1.807, 2.05) is 68.4 Å². The van der Waals surface area contributed by atoms with E-state index < -0.39 is 41.5 Å². The summed E-state index contributed by atoms with van der Waals surface area (Å²) in [6, 6.07) is 16.1. The smallest absolute Gasteiger partial charge is 0.289 e. The fourth-order valence-corrected chi connectivity index (χ4v) is 5.01. The van der Waals surface area contributed by atoms with Crippen LogP contribution in [0.5, 0.6) is 0 Å². The highest BCUT2D eigenvalue weighted by Crippen LogP contribution is 2.19. The summed E-state index contributed by atoms with van der Waals surface area (Å²) in [6.45, 7) is 4.53. The van der Waals surface area contributed by atoms with Gasteiger partial charge in [-0.2, -0.15) is 0 Å². The second-order valence-electron chi connectivity index (χ2n) is 10.9. The summed E-state index contributed by atoms with van der Waals surface area (Å²) in [5.41, 5.74) is 1.91. The van der Waals surface area contributed by atoms with Crippen molar-refractivity contribution in [3.05, 3.63) is 71.9 Å². The molecule has 1 saturated heterocycles. The van der Waals surface area contributed by atoms with Gasteiger partial charge in [0, 0.05) is 29.9 Å². The lowest BCUT2D eigenvalue weighted by atomic mass is 9.89. The van der Waals surface area contributed by atoms with E-state index in [1.54, 1.807) is 6.07 Å². The third-order valence-electron chi connectivity index (χ3n) is 7.18. The molecule has 3 aromatic rings. The standard InChI is InChI=1S/C31H37N5O5/c1-19(2)15-25(36-30(40)26-16-21-11-6-7-13-23(21)34-26)29(39)35-24(17-22-12-8-14-32-28(22)38)27(37)31(41)33-18-20-9-4-3-5-10-20/h3-7,9-11,13,16,19,22,24-25,34H,8,12,14-15,17-18H2,1-2H3,(H,32,38)(H,33,41)(H,35,39)(H,36,40)/t22-,24-,25-/m0/s1. The van der Waals surface area contributed by atoms with Crippen molar-refractivity contribution in [2.24, 2.45) is 11.8 Å². The Morgan fingerprint density at radius 1 is 0.951 bits per heavy atom.